The minimum absolute atomic E-state index is 0.0844. The number of amides is 2. The maximum absolute atomic E-state index is 13.1. The summed E-state index contributed by atoms with van der Waals surface area (Å²) >= 11 is 0. The molecule has 0 bridgehead atoms. The number of ether oxygens (including phenoxy) is 2. The highest BCUT2D eigenvalue weighted by Gasteiger charge is 2.41. The first-order chi connectivity index (χ1) is 12.8. The Morgan fingerprint density at radius 3 is 2.52 bits per heavy atom. The number of nitrogens with zero attached hydrogens (tertiary/aromatic N) is 1. The molecule has 2 amide bonds. The number of piperidine rings is 1. The molecular weight excluding hydrogens is 344 g/mol. The van der Waals surface area contributed by atoms with Crippen LogP contribution in [0.3, 0.4) is 0 Å². The number of carbonyl (C=O) groups is 2. The van der Waals surface area contributed by atoms with Gasteiger partial charge in [0.15, 0.2) is 11.5 Å². The molecule has 27 heavy (non-hydrogen) atoms. The van der Waals surface area contributed by atoms with E-state index in [1.165, 1.54) is 0 Å². The lowest BCUT2D eigenvalue weighted by Gasteiger charge is -2.39. The monoisotopic (exact) mass is 376 g/mol. The van der Waals surface area contributed by atoms with E-state index in [9.17, 15) is 9.59 Å². The van der Waals surface area contributed by atoms with Crippen molar-refractivity contribution in [3.63, 3.8) is 0 Å². The second-order valence-corrected chi connectivity index (χ2v) is 7.55. The molecule has 1 aliphatic heterocycles. The summed E-state index contributed by atoms with van der Waals surface area (Å²) in [5.41, 5.74) is -0.213. The number of methoxy groups -OCH3 is 2. The molecule has 1 fully saturated rings. The minimum atomic E-state index is -1.10. The summed E-state index contributed by atoms with van der Waals surface area (Å²) < 4.78 is 10.5. The van der Waals surface area contributed by atoms with Crippen LogP contribution in [-0.4, -0.2) is 43.5 Å². The Morgan fingerprint density at radius 2 is 1.89 bits per heavy atom. The Morgan fingerprint density at radius 1 is 1.19 bits per heavy atom. The molecule has 0 saturated carbocycles. The molecule has 1 aromatic rings. The molecule has 1 saturated heterocycles. The van der Waals surface area contributed by atoms with Crippen molar-refractivity contribution < 1.29 is 19.1 Å². The smallest absolute Gasteiger partial charge is 0.237 e. The van der Waals surface area contributed by atoms with Gasteiger partial charge < -0.3 is 19.7 Å². The van der Waals surface area contributed by atoms with Gasteiger partial charge in [-0.2, -0.15) is 0 Å². The molecule has 1 atom stereocenters. The summed E-state index contributed by atoms with van der Waals surface area (Å²) in [6.07, 6.45) is 4.10. The van der Waals surface area contributed by atoms with Crippen LogP contribution in [0.2, 0.25) is 0 Å². The summed E-state index contributed by atoms with van der Waals surface area (Å²) in [6.45, 7) is 6.58. The maximum Gasteiger partial charge on any atom is 0.237 e. The van der Waals surface area contributed by atoms with Crippen molar-refractivity contribution >= 4 is 11.8 Å². The van der Waals surface area contributed by atoms with Gasteiger partial charge in [-0.15, -0.1) is 0 Å². The molecule has 1 N–H and O–H groups in total. The topological polar surface area (TPSA) is 67.9 Å². The summed E-state index contributed by atoms with van der Waals surface area (Å²) in [5, 5.41) is 2.90. The molecule has 6 heteroatoms. The number of nitrogens with one attached hydrogen (secondary N) is 1. The zero-order valence-corrected chi connectivity index (χ0v) is 17.1. The van der Waals surface area contributed by atoms with E-state index in [0.29, 0.717) is 18.0 Å². The molecule has 1 aromatic carbocycles. The fourth-order valence-corrected chi connectivity index (χ4v) is 3.54. The number of carbonyl (C=O) groups excluding carboxylic acids is 2. The molecule has 2 rings (SSSR count). The second kappa shape index (κ2) is 9.11. The van der Waals surface area contributed by atoms with Gasteiger partial charge in [0.1, 0.15) is 5.41 Å². The van der Waals surface area contributed by atoms with Gasteiger partial charge in [0, 0.05) is 19.1 Å². The van der Waals surface area contributed by atoms with Gasteiger partial charge in [0.05, 0.1) is 14.2 Å². The van der Waals surface area contributed by atoms with Crippen LogP contribution in [-0.2, 0) is 16.1 Å². The normalized spacial score (nSPS) is 17.4. The van der Waals surface area contributed by atoms with Crippen molar-refractivity contribution in [1.29, 1.82) is 0 Å². The SMILES string of the molecule is CCC1CCCCN1C(=O)C(C)(C)C(=O)NCc1ccc(OC)c(OC)c1. The van der Waals surface area contributed by atoms with E-state index in [0.717, 1.165) is 37.8 Å². The average molecular weight is 376 g/mol. The maximum atomic E-state index is 13.1. The molecule has 0 radical (unpaired) electrons. The third kappa shape index (κ3) is 4.73. The molecule has 0 aromatic heterocycles. The van der Waals surface area contributed by atoms with E-state index < -0.39 is 5.41 Å². The lowest BCUT2D eigenvalue weighted by atomic mass is 9.87. The third-order valence-electron chi connectivity index (χ3n) is 5.36. The summed E-state index contributed by atoms with van der Waals surface area (Å²) in [6, 6.07) is 5.74. The molecule has 1 unspecified atom stereocenters. The zero-order valence-electron chi connectivity index (χ0n) is 17.1. The number of rotatable bonds is 7. The predicted molar refractivity (Wildman–Crippen MR) is 105 cm³/mol. The summed E-state index contributed by atoms with van der Waals surface area (Å²) in [4.78, 5) is 27.7. The van der Waals surface area contributed by atoms with Gasteiger partial charge in [-0.25, -0.2) is 0 Å². The first kappa shape index (κ1) is 21.1. The van der Waals surface area contributed by atoms with Crippen LogP contribution in [0.25, 0.3) is 0 Å². The van der Waals surface area contributed by atoms with Gasteiger partial charge >= 0.3 is 0 Å². The molecule has 1 aliphatic rings. The lowest BCUT2D eigenvalue weighted by Crippen LogP contribution is -2.53. The molecular formula is C21H32N2O4. The molecule has 0 aliphatic carbocycles. The van der Waals surface area contributed by atoms with Crippen molar-refractivity contribution in [1.82, 2.24) is 10.2 Å². The molecule has 6 nitrogen and oxygen atoms in total. The fourth-order valence-electron chi connectivity index (χ4n) is 3.54. The van der Waals surface area contributed by atoms with Crippen molar-refractivity contribution in [2.45, 2.75) is 59.0 Å². The third-order valence-corrected chi connectivity index (χ3v) is 5.36. The van der Waals surface area contributed by atoms with E-state index in [-0.39, 0.29) is 17.9 Å². The predicted octanol–water partition coefficient (Wildman–Crippen LogP) is 3.14. The van der Waals surface area contributed by atoms with Gasteiger partial charge in [0.25, 0.3) is 0 Å². The van der Waals surface area contributed by atoms with E-state index in [1.807, 2.05) is 17.0 Å². The first-order valence-electron chi connectivity index (χ1n) is 9.65. The van der Waals surface area contributed by atoms with Gasteiger partial charge in [-0.1, -0.05) is 13.0 Å². The van der Waals surface area contributed by atoms with E-state index in [2.05, 4.69) is 12.2 Å². The van der Waals surface area contributed by atoms with Crippen LogP contribution in [0.5, 0.6) is 11.5 Å². The Hall–Kier alpha value is -2.24. The number of likely N-dealkylation sites (tertiary alicyclic amines) is 1. The Bertz CT molecular complexity index is 672. The standard InChI is InChI=1S/C21H32N2O4/c1-6-16-9-7-8-12-23(16)20(25)21(2,3)19(24)22-14-15-10-11-17(26-4)18(13-15)27-5/h10-11,13,16H,6-9,12,14H2,1-5H3,(H,22,24). The lowest BCUT2D eigenvalue weighted by molar-refractivity contribution is -0.151. The largest absolute Gasteiger partial charge is 0.493 e. The van der Waals surface area contributed by atoms with Crippen molar-refractivity contribution in [3.8, 4) is 11.5 Å². The van der Waals surface area contributed by atoms with Crippen LogP contribution >= 0.6 is 0 Å². The quantitative estimate of drug-likeness (QED) is 0.743. The van der Waals surface area contributed by atoms with Gasteiger partial charge in [0.2, 0.25) is 11.8 Å². The van der Waals surface area contributed by atoms with Crippen LogP contribution in [0.1, 0.15) is 52.0 Å². The van der Waals surface area contributed by atoms with E-state index in [1.54, 1.807) is 34.1 Å². The zero-order chi connectivity index (χ0) is 20.0. The van der Waals surface area contributed by atoms with E-state index in [4.69, 9.17) is 9.47 Å². The van der Waals surface area contributed by atoms with Crippen molar-refractivity contribution in [2.75, 3.05) is 20.8 Å². The van der Waals surface area contributed by atoms with E-state index >= 15 is 0 Å². The summed E-state index contributed by atoms with van der Waals surface area (Å²) in [5.74, 6) is 0.902. The minimum Gasteiger partial charge on any atom is -0.493 e. The Balaban J connectivity index is 2.04. The van der Waals surface area contributed by atoms with Crippen LogP contribution in [0.4, 0.5) is 0 Å². The molecule has 1 heterocycles. The highest BCUT2D eigenvalue weighted by atomic mass is 16.5. The Kier molecular flexibility index (Phi) is 7.11. The number of benzene rings is 1. The number of hydrogen-bond acceptors (Lipinski definition) is 4. The highest BCUT2D eigenvalue weighted by Crippen LogP contribution is 2.29. The number of hydrogen-bond donors (Lipinski definition) is 1. The first-order valence-corrected chi connectivity index (χ1v) is 9.65. The van der Waals surface area contributed by atoms with Gasteiger partial charge in [-0.3, -0.25) is 9.59 Å². The van der Waals surface area contributed by atoms with Crippen LogP contribution < -0.4 is 14.8 Å². The second-order valence-electron chi connectivity index (χ2n) is 7.55. The van der Waals surface area contributed by atoms with Gasteiger partial charge in [-0.05, 0) is 57.2 Å². The summed E-state index contributed by atoms with van der Waals surface area (Å²) in [7, 11) is 3.16. The Labute approximate surface area is 162 Å². The fraction of sp³-hybridized carbons (Fsp3) is 0.619. The molecule has 0 spiro atoms. The van der Waals surface area contributed by atoms with Crippen molar-refractivity contribution in [2.24, 2.45) is 5.41 Å². The van der Waals surface area contributed by atoms with Crippen LogP contribution in [0.15, 0.2) is 18.2 Å². The average Bonchev–Trinajstić information content (AvgIpc) is 2.70. The van der Waals surface area contributed by atoms with Crippen molar-refractivity contribution in [3.05, 3.63) is 23.8 Å². The highest BCUT2D eigenvalue weighted by molar-refractivity contribution is 6.04. The molecule has 150 valence electrons. The van der Waals surface area contributed by atoms with Crippen LogP contribution in [0, 0.1) is 5.41 Å².